The van der Waals surface area contributed by atoms with Crippen LogP contribution in [0.4, 0.5) is 5.69 Å². The molecule has 1 heterocycles. The van der Waals surface area contributed by atoms with Crippen LogP contribution in [0.3, 0.4) is 0 Å². The number of nitrogens with one attached hydrogen (secondary N) is 1. The van der Waals surface area contributed by atoms with Gasteiger partial charge in [0.05, 0.1) is 11.8 Å². The number of carbonyl (C=O) groups is 1. The summed E-state index contributed by atoms with van der Waals surface area (Å²) in [6.07, 6.45) is 6.97. The summed E-state index contributed by atoms with van der Waals surface area (Å²) >= 11 is 3.63. The molecular weight excluding hydrogens is 502 g/mol. The van der Waals surface area contributed by atoms with Gasteiger partial charge >= 0.3 is 0 Å². The monoisotopic (exact) mass is 535 g/mol. The first-order valence-corrected chi connectivity index (χ1v) is 13.5. The molecule has 1 amide bonds. The first kappa shape index (κ1) is 24.3. The zero-order valence-electron chi connectivity index (χ0n) is 20.8. The molecule has 2 aromatic carbocycles. The lowest BCUT2D eigenvalue weighted by Gasteiger charge is -2.34. The topological polar surface area (TPSA) is 67.2 Å². The molecule has 5 nitrogen and oxygen atoms in total. The molecule has 184 valence electrons. The second-order valence-electron chi connectivity index (χ2n) is 10.3. The number of hydrogen-bond acceptors (Lipinski definition) is 3. The van der Waals surface area contributed by atoms with E-state index >= 15 is 0 Å². The predicted octanol–water partition coefficient (Wildman–Crippen LogP) is 6.37. The first-order valence-electron chi connectivity index (χ1n) is 12.7. The molecule has 0 spiro atoms. The fourth-order valence-electron chi connectivity index (χ4n) is 6.06. The van der Waals surface area contributed by atoms with Crippen molar-refractivity contribution in [1.82, 2.24) is 9.55 Å². The Labute approximate surface area is 216 Å². The fraction of sp³-hybridized carbons (Fsp3) is 0.448. The summed E-state index contributed by atoms with van der Waals surface area (Å²) in [4.78, 5) is 18.2. The van der Waals surface area contributed by atoms with Crippen molar-refractivity contribution >= 4 is 27.5 Å². The van der Waals surface area contributed by atoms with Gasteiger partial charge in [0.1, 0.15) is 0 Å². The minimum atomic E-state index is -0.162. The number of aliphatic hydroxyl groups excluding tert-OH is 1. The van der Waals surface area contributed by atoms with Gasteiger partial charge < -0.3 is 15.0 Å². The van der Waals surface area contributed by atoms with Gasteiger partial charge in [0, 0.05) is 22.9 Å². The molecular formula is C29H34BrN3O2. The predicted molar refractivity (Wildman–Crippen MR) is 144 cm³/mol. The highest BCUT2D eigenvalue weighted by Crippen LogP contribution is 2.38. The molecule has 3 aromatic rings. The van der Waals surface area contributed by atoms with E-state index in [1.54, 1.807) is 0 Å². The molecule has 1 unspecified atom stereocenters. The minimum Gasteiger partial charge on any atom is -0.393 e. The van der Waals surface area contributed by atoms with Crippen LogP contribution in [0.25, 0.3) is 11.1 Å². The van der Waals surface area contributed by atoms with Gasteiger partial charge in [-0.15, -0.1) is 0 Å². The van der Waals surface area contributed by atoms with E-state index in [0.717, 1.165) is 77.5 Å². The van der Waals surface area contributed by atoms with Crippen LogP contribution in [0, 0.1) is 25.7 Å². The summed E-state index contributed by atoms with van der Waals surface area (Å²) in [5.41, 5.74) is 7.57. The van der Waals surface area contributed by atoms with Crippen LogP contribution in [0.2, 0.25) is 0 Å². The Balaban J connectivity index is 1.36. The first-order chi connectivity index (χ1) is 16.8. The Morgan fingerprint density at radius 2 is 1.69 bits per heavy atom. The average Bonchev–Trinajstić information content (AvgIpc) is 3.19. The zero-order chi connectivity index (χ0) is 24.7. The summed E-state index contributed by atoms with van der Waals surface area (Å²) in [6.45, 7) is 4.16. The Kier molecular flexibility index (Phi) is 6.86. The molecule has 2 aliphatic carbocycles. The molecule has 6 heteroatoms. The van der Waals surface area contributed by atoms with Crippen molar-refractivity contribution in [2.24, 2.45) is 18.9 Å². The summed E-state index contributed by atoms with van der Waals surface area (Å²) < 4.78 is 3.06. The van der Waals surface area contributed by atoms with Crippen molar-refractivity contribution in [1.29, 1.82) is 0 Å². The molecule has 35 heavy (non-hydrogen) atoms. The maximum absolute atomic E-state index is 13.4. The lowest BCUT2D eigenvalue weighted by atomic mass is 9.73. The van der Waals surface area contributed by atoms with Gasteiger partial charge in [-0.2, -0.15) is 0 Å². The van der Waals surface area contributed by atoms with Gasteiger partial charge in [-0.05, 0) is 105 Å². The van der Waals surface area contributed by atoms with Gasteiger partial charge in [0.15, 0.2) is 5.82 Å². The van der Waals surface area contributed by atoms with Gasteiger partial charge in [-0.1, -0.05) is 40.2 Å². The summed E-state index contributed by atoms with van der Waals surface area (Å²) in [6, 6.07) is 12.3. The third-order valence-corrected chi connectivity index (χ3v) is 9.11. The van der Waals surface area contributed by atoms with Gasteiger partial charge in [0.2, 0.25) is 0 Å². The number of imidazole rings is 1. The Morgan fingerprint density at radius 3 is 2.43 bits per heavy atom. The molecule has 1 fully saturated rings. The fourth-order valence-corrected chi connectivity index (χ4v) is 6.42. The number of nitrogens with zero attached hydrogens (tertiary/aromatic N) is 2. The van der Waals surface area contributed by atoms with Crippen molar-refractivity contribution in [2.45, 2.75) is 64.9 Å². The van der Waals surface area contributed by atoms with Crippen molar-refractivity contribution in [3.05, 3.63) is 69.2 Å². The normalized spacial score (nSPS) is 22.0. The van der Waals surface area contributed by atoms with Crippen LogP contribution in [-0.4, -0.2) is 26.7 Å². The van der Waals surface area contributed by atoms with E-state index in [9.17, 15) is 9.90 Å². The largest absolute Gasteiger partial charge is 0.393 e. The smallest absolute Gasteiger partial charge is 0.291 e. The highest BCUT2D eigenvalue weighted by molar-refractivity contribution is 9.10. The van der Waals surface area contributed by atoms with E-state index in [4.69, 9.17) is 4.98 Å². The molecule has 0 radical (unpaired) electrons. The number of benzene rings is 2. The second-order valence-corrected chi connectivity index (χ2v) is 11.2. The Bertz CT molecular complexity index is 1260. The third kappa shape index (κ3) is 4.70. The van der Waals surface area contributed by atoms with E-state index in [-0.39, 0.29) is 12.0 Å². The number of amides is 1. The zero-order valence-corrected chi connectivity index (χ0v) is 22.4. The lowest BCUT2D eigenvalue weighted by molar-refractivity contribution is 0.0874. The molecule has 0 bridgehead atoms. The standard InChI is InChI=1S/C29H34BrN3O2/c1-17-22(6-4-8-24(17)30)23-7-5-9-25(18(23)2)32-29(35)28-31-26-16-20(12-15-27(26)33(28)3)19-10-13-21(34)14-11-19/h4-9,19-21,34H,10-16H2,1-3H3,(H,32,35). The van der Waals surface area contributed by atoms with Crippen LogP contribution >= 0.6 is 15.9 Å². The third-order valence-electron chi connectivity index (χ3n) is 8.26. The average molecular weight is 537 g/mol. The molecule has 1 aromatic heterocycles. The minimum absolute atomic E-state index is 0.121. The van der Waals surface area contributed by atoms with Crippen molar-refractivity contribution in [3.8, 4) is 11.1 Å². The van der Waals surface area contributed by atoms with Crippen LogP contribution in [0.5, 0.6) is 0 Å². The number of anilines is 1. The molecule has 1 saturated carbocycles. The highest BCUT2D eigenvalue weighted by atomic mass is 79.9. The maximum Gasteiger partial charge on any atom is 0.291 e. The van der Waals surface area contributed by atoms with Crippen molar-refractivity contribution in [3.63, 3.8) is 0 Å². The Morgan fingerprint density at radius 1 is 1.00 bits per heavy atom. The summed E-state index contributed by atoms with van der Waals surface area (Å²) in [5.74, 6) is 1.59. The molecule has 1 atom stereocenters. The van der Waals surface area contributed by atoms with E-state index in [1.165, 1.54) is 11.3 Å². The van der Waals surface area contributed by atoms with Gasteiger partial charge in [0.25, 0.3) is 5.91 Å². The van der Waals surface area contributed by atoms with E-state index < -0.39 is 0 Å². The number of aliphatic hydroxyl groups is 1. The summed E-state index contributed by atoms with van der Waals surface area (Å²) in [5, 5.41) is 13.0. The number of rotatable bonds is 4. The molecule has 2 aliphatic rings. The van der Waals surface area contributed by atoms with Crippen LogP contribution < -0.4 is 5.32 Å². The lowest BCUT2D eigenvalue weighted by Crippen LogP contribution is -2.28. The summed E-state index contributed by atoms with van der Waals surface area (Å²) in [7, 11) is 1.96. The molecule has 5 rings (SSSR count). The second kappa shape index (κ2) is 9.90. The SMILES string of the molecule is Cc1c(Br)cccc1-c1cccc(NC(=O)c2nc3c(n2C)CCC(C2CCC(O)CC2)C3)c1C. The quantitative estimate of drug-likeness (QED) is 0.407. The number of halogens is 1. The number of carbonyl (C=O) groups excluding carboxylic acids is 1. The van der Waals surface area contributed by atoms with Crippen molar-refractivity contribution in [2.75, 3.05) is 5.32 Å². The maximum atomic E-state index is 13.4. The van der Waals surface area contributed by atoms with E-state index in [0.29, 0.717) is 17.7 Å². The molecule has 0 aliphatic heterocycles. The van der Waals surface area contributed by atoms with E-state index in [1.807, 2.05) is 35.9 Å². The van der Waals surface area contributed by atoms with Crippen molar-refractivity contribution < 1.29 is 9.90 Å². The number of fused-ring (bicyclic) bond motifs is 1. The number of aromatic nitrogens is 2. The van der Waals surface area contributed by atoms with E-state index in [2.05, 4.69) is 47.2 Å². The van der Waals surface area contributed by atoms with Gasteiger partial charge in [-0.25, -0.2) is 4.98 Å². The highest BCUT2D eigenvalue weighted by Gasteiger charge is 2.32. The number of hydrogen-bond donors (Lipinski definition) is 2. The van der Waals surface area contributed by atoms with Crippen LogP contribution in [-0.2, 0) is 19.9 Å². The molecule has 0 saturated heterocycles. The van der Waals surface area contributed by atoms with Crippen LogP contribution in [0.1, 0.15) is 65.2 Å². The van der Waals surface area contributed by atoms with Crippen LogP contribution in [0.15, 0.2) is 40.9 Å². The molecule has 2 N–H and O–H groups in total. The Hall–Kier alpha value is -2.44. The van der Waals surface area contributed by atoms with Gasteiger partial charge in [-0.3, -0.25) is 4.79 Å².